The first-order valence-electron chi connectivity index (χ1n) is 10.6. The van der Waals surface area contributed by atoms with Crippen molar-refractivity contribution in [2.75, 3.05) is 25.0 Å². The van der Waals surface area contributed by atoms with Gasteiger partial charge in [-0.2, -0.15) is 4.31 Å². The fourth-order valence-corrected chi connectivity index (χ4v) is 5.61. The van der Waals surface area contributed by atoms with E-state index >= 15 is 0 Å². The third-order valence-corrected chi connectivity index (χ3v) is 7.64. The van der Waals surface area contributed by atoms with Gasteiger partial charge < -0.3 is 10.1 Å². The van der Waals surface area contributed by atoms with Gasteiger partial charge in [-0.15, -0.1) is 0 Å². The number of rotatable bonds is 10. The number of nitrogens with zero attached hydrogens (tertiary/aromatic N) is 1. The molecule has 8 heteroatoms. The van der Waals surface area contributed by atoms with E-state index in [0.29, 0.717) is 24.5 Å². The van der Waals surface area contributed by atoms with Crippen LogP contribution < -0.4 is 10.1 Å². The van der Waals surface area contributed by atoms with Crippen molar-refractivity contribution < 1.29 is 17.9 Å². The summed E-state index contributed by atoms with van der Waals surface area (Å²) in [7, 11) is -3.55. The molecule has 0 aromatic heterocycles. The number of halogens is 1. The number of ether oxygens (including phenoxy) is 1. The summed E-state index contributed by atoms with van der Waals surface area (Å²) in [6, 6.07) is 17.9. The van der Waals surface area contributed by atoms with E-state index in [1.165, 1.54) is 16.4 Å². The van der Waals surface area contributed by atoms with E-state index in [1.54, 1.807) is 12.1 Å². The van der Waals surface area contributed by atoms with Crippen molar-refractivity contribution in [1.82, 2.24) is 4.31 Å². The molecule has 3 aromatic rings. The highest BCUT2D eigenvalue weighted by molar-refractivity contribution is 9.10. The number of nitrogens with one attached hydrogen (secondary N) is 1. The number of hydrogen-bond acceptors (Lipinski definition) is 4. The second-order valence-electron chi connectivity index (χ2n) is 7.36. The summed E-state index contributed by atoms with van der Waals surface area (Å²) < 4.78 is 33.7. The second-order valence-corrected chi connectivity index (χ2v) is 10.1. The van der Waals surface area contributed by atoms with Crippen molar-refractivity contribution in [2.45, 2.75) is 31.6 Å². The monoisotopic (exact) mass is 518 g/mol. The number of carbonyl (C=O) groups excluding carboxylic acids is 1. The summed E-state index contributed by atoms with van der Waals surface area (Å²) in [5.41, 5.74) is 0.507. The Morgan fingerprint density at radius 2 is 1.62 bits per heavy atom. The van der Waals surface area contributed by atoms with Gasteiger partial charge in [-0.1, -0.05) is 44.2 Å². The number of hydrogen-bond donors (Lipinski definition) is 1. The topological polar surface area (TPSA) is 75.7 Å². The molecule has 1 amide bonds. The normalized spacial score (nSPS) is 11.6. The molecule has 0 radical (unpaired) electrons. The summed E-state index contributed by atoms with van der Waals surface area (Å²) >= 11 is 3.54. The van der Waals surface area contributed by atoms with Gasteiger partial charge in [-0.3, -0.25) is 4.79 Å². The highest BCUT2D eigenvalue weighted by atomic mass is 79.9. The van der Waals surface area contributed by atoms with Crippen LogP contribution in [-0.2, 0) is 14.8 Å². The quantitative estimate of drug-likeness (QED) is 0.388. The molecular weight excluding hydrogens is 492 g/mol. The lowest BCUT2D eigenvalue weighted by molar-refractivity contribution is -0.118. The lowest BCUT2D eigenvalue weighted by Crippen LogP contribution is -2.32. The van der Waals surface area contributed by atoms with Gasteiger partial charge in [0.25, 0.3) is 5.91 Å². The maximum absolute atomic E-state index is 12.8. The van der Waals surface area contributed by atoms with E-state index in [4.69, 9.17) is 4.74 Å². The molecule has 0 aliphatic heterocycles. The summed E-state index contributed by atoms with van der Waals surface area (Å²) in [5.74, 6) is 0.242. The van der Waals surface area contributed by atoms with E-state index in [2.05, 4.69) is 21.2 Å². The Bertz CT molecular complexity index is 1170. The minimum absolute atomic E-state index is 0.169. The first-order chi connectivity index (χ1) is 15.4. The van der Waals surface area contributed by atoms with Gasteiger partial charge in [-0.25, -0.2) is 8.42 Å². The van der Waals surface area contributed by atoms with Gasteiger partial charge >= 0.3 is 0 Å². The van der Waals surface area contributed by atoms with Crippen molar-refractivity contribution in [3.63, 3.8) is 0 Å². The molecule has 170 valence electrons. The van der Waals surface area contributed by atoms with E-state index < -0.39 is 10.0 Å². The highest BCUT2D eigenvalue weighted by Crippen LogP contribution is 2.33. The molecule has 0 fully saturated rings. The van der Waals surface area contributed by atoms with Crippen LogP contribution in [-0.4, -0.2) is 38.3 Å². The van der Waals surface area contributed by atoms with Crippen LogP contribution >= 0.6 is 15.9 Å². The largest absolute Gasteiger partial charge is 0.483 e. The summed E-state index contributed by atoms with van der Waals surface area (Å²) in [6.45, 7) is 4.70. The lowest BCUT2D eigenvalue weighted by Gasteiger charge is -2.21. The first kappa shape index (κ1) is 24.2. The van der Waals surface area contributed by atoms with Crippen molar-refractivity contribution in [3.05, 3.63) is 65.1 Å². The summed E-state index contributed by atoms with van der Waals surface area (Å²) in [4.78, 5) is 12.6. The van der Waals surface area contributed by atoms with E-state index in [1.807, 2.05) is 50.2 Å². The van der Waals surface area contributed by atoms with Crippen LogP contribution in [0.1, 0.15) is 26.7 Å². The molecule has 3 rings (SSSR count). The highest BCUT2D eigenvalue weighted by Gasteiger charge is 2.22. The molecule has 0 saturated carbocycles. The average Bonchev–Trinajstić information content (AvgIpc) is 2.79. The fraction of sp³-hybridized carbons (Fsp3) is 0.292. The summed E-state index contributed by atoms with van der Waals surface area (Å²) in [6.07, 6.45) is 1.50. The van der Waals surface area contributed by atoms with Gasteiger partial charge in [0.15, 0.2) is 6.61 Å². The van der Waals surface area contributed by atoms with Gasteiger partial charge in [0, 0.05) is 18.8 Å². The molecule has 0 spiro atoms. The zero-order valence-corrected chi connectivity index (χ0v) is 20.6. The lowest BCUT2D eigenvalue weighted by atomic mass is 10.1. The molecule has 0 aliphatic carbocycles. The molecule has 0 aliphatic rings. The molecule has 32 heavy (non-hydrogen) atoms. The molecule has 1 N–H and O–H groups in total. The maximum atomic E-state index is 12.8. The Labute approximate surface area is 197 Å². The van der Waals surface area contributed by atoms with Gasteiger partial charge in [0.1, 0.15) is 5.75 Å². The van der Waals surface area contributed by atoms with Crippen LogP contribution in [0.4, 0.5) is 5.69 Å². The SMILES string of the molecule is CCCN(CCC)S(=O)(=O)c1ccc(NC(=O)COc2ccc3ccccc3c2Br)cc1. The van der Waals surface area contributed by atoms with Gasteiger partial charge in [0.05, 0.1) is 9.37 Å². The minimum atomic E-state index is -3.55. The molecule has 6 nitrogen and oxygen atoms in total. The predicted molar refractivity (Wildman–Crippen MR) is 132 cm³/mol. The third kappa shape index (κ3) is 5.68. The average molecular weight is 519 g/mol. The first-order valence-corrected chi connectivity index (χ1v) is 12.8. The zero-order chi connectivity index (χ0) is 23.1. The van der Waals surface area contributed by atoms with Crippen LogP contribution in [0.15, 0.2) is 70.0 Å². The Hall–Kier alpha value is -2.42. The fourth-order valence-electron chi connectivity index (χ4n) is 3.38. The van der Waals surface area contributed by atoms with Crippen LogP contribution in [0, 0.1) is 0 Å². The van der Waals surface area contributed by atoms with Crippen molar-refractivity contribution in [2.24, 2.45) is 0 Å². The number of fused-ring (bicyclic) bond motifs is 1. The van der Waals surface area contributed by atoms with Crippen LogP contribution in [0.25, 0.3) is 10.8 Å². The van der Waals surface area contributed by atoms with Crippen LogP contribution in [0.2, 0.25) is 0 Å². The zero-order valence-electron chi connectivity index (χ0n) is 18.2. The van der Waals surface area contributed by atoms with Crippen molar-refractivity contribution in [1.29, 1.82) is 0 Å². The smallest absolute Gasteiger partial charge is 0.262 e. The second kappa shape index (κ2) is 10.9. The van der Waals surface area contributed by atoms with Gasteiger partial charge in [0.2, 0.25) is 10.0 Å². The van der Waals surface area contributed by atoms with Gasteiger partial charge in [-0.05, 0) is 69.9 Å². The van der Waals surface area contributed by atoms with Crippen LogP contribution in [0.5, 0.6) is 5.75 Å². The van der Waals surface area contributed by atoms with E-state index in [-0.39, 0.29) is 17.4 Å². The number of carbonyl (C=O) groups is 1. The standard InChI is InChI=1S/C24H27BrN2O4S/c1-3-15-27(16-4-2)32(29,30)20-12-10-19(11-13-20)26-23(28)17-31-22-14-9-18-7-5-6-8-21(18)24(22)25/h5-14H,3-4,15-17H2,1-2H3,(H,26,28). The number of benzene rings is 3. The maximum Gasteiger partial charge on any atom is 0.262 e. The molecule has 0 atom stereocenters. The minimum Gasteiger partial charge on any atom is -0.483 e. The molecule has 0 saturated heterocycles. The predicted octanol–water partition coefficient (Wildman–Crippen LogP) is 5.43. The number of sulfonamides is 1. The van der Waals surface area contributed by atoms with E-state index in [9.17, 15) is 13.2 Å². The van der Waals surface area contributed by atoms with Crippen molar-refractivity contribution in [3.8, 4) is 5.75 Å². The summed E-state index contributed by atoms with van der Waals surface area (Å²) in [5, 5.41) is 4.81. The number of amides is 1. The molecule has 3 aromatic carbocycles. The third-order valence-electron chi connectivity index (χ3n) is 4.91. The number of anilines is 1. The Balaban J connectivity index is 1.63. The van der Waals surface area contributed by atoms with E-state index in [0.717, 1.165) is 28.1 Å². The Morgan fingerprint density at radius 1 is 0.969 bits per heavy atom. The molecule has 0 heterocycles. The molecular formula is C24H27BrN2O4S. The van der Waals surface area contributed by atoms with Crippen LogP contribution in [0.3, 0.4) is 0 Å². The molecule has 0 unspecified atom stereocenters. The molecule has 0 bridgehead atoms. The Morgan fingerprint density at radius 3 is 2.28 bits per heavy atom. The Kier molecular flexibility index (Phi) is 8.28. The van der Waals surface area contributed by atoms with Crippen molar-refractivity contribution >= 4 is 48.3 Å².